The lowest BCUT2D eigenvalue weighted by Gasteiger charge is -2.42. The molecule has 2 aliphatic rings. The molecule has 2 N–H and O–H groups in total. The Morgan fingerprint density at radius 3 is 2.24 bits per heavy atom. The average molecular weight is 573 g/mol. The molecule has 41 heavy (non-hydrogen) atoms. The van der Waals surface area contributed by atoms with E-state index in [1.54, 1.807) is 23.1 Å². The van der Waals surface area contributed by atoms with Crippen LogP contribution in [-0.2, 0) is 4.79 Å². The number of amidine groups is 1. The summed E-state index contributed by atoms with van der Waals surface area (Å²) in [5.74, 6) is 0.455. The number of rotatable bonds is 6. The first-order valence-electron chi connectivity index (χ1n) is 13.4. The number of aliphatic hydroxyl groups is 1. The Morgan fingerprint density at radius 1 is 0.976 bits per heavy atom. The van der Waals surface area contributed by atoms with E-state index in [9.17, 15) is 15.3 Å². The Bertz CT molecular complexity index is 1580. The van der Waals surface area contributed by atoms with Crippen molar-refractivity contribution in [3.05, 3.63) is 98.7 Å². The van der Waals surface area contributed by atoms with Crippen molar-refractivity contribution in [2.45, 2.75) is 39.0 Å². The van der Waals surface area contributed by atoms with Gasteiger partial charge in [-0.25, -0.2) is 0 Å². The number of nitrogens with zero attached hydrogens (tertiary/aromatic N) is 1. The van der Waals surface area contributed by atoms with Crippen LogP contribution < -0.4 is 19.1 Å². The van der Waals surface area contributed by atoms with Gasteiger partial charge in [-0.05, 0) is 62.1 Å². The smallest absolute Gasteiger partial charge is 0.203 e. The maximum absolute atomic E-state index is 13.9. The zero-order valence-corrected chi connectivity index (χ0v) is 24.6. The number of methoxy groups -OCH3 is 3. The molecule has 1 atom stereocenters. The largest absolute Gasteiger partial charge is 0.507 e. The number of ketones is 1. The van der Waals surface area contributed by atoms with E-state index < -0.39 is 5.92 Å². The lowest BCUT2D eigenvalue weighted by molar-refractivity contribution is -0.116. The van der Waals surface area contributed by atoms with Gasteiger partial charge in [-0.2, -0.15) is 0 Å². The molecular formula is C33H33ClN2O5. The summed E-state index contributed by atoms with van der Waals surface area (Å²) in [5, 5.41) is 22.1. The Kier molecular flexibility index (Phi) is 7.82. The number of Topliss-reactive ketones (excluding diaryl/α,β-unsaturated/α-hetero) is 1. The molecule has 0 fully saturated rings. The summed E-state index contributed by atoms with van der Waals surface area (Å²) < 4.78 is 16.8. The maximum atomic E-state index is 13.9. The van der Waals surface area contributed by atoms with Crippen LogP contribution in [0.3, 0.4) is 0 Å². The minimum absolute atomic E-state index is 0.0311. The molecule has 0 bridgehead atoms. The number of anilines is 1. The van der Waals surface area contributed by atoms with Gasteiger partial charge in [-0.3, -0.25) is 15.1 Å². The van der Waals surface area contributed by atoms with Crippen LogP contribution in [-0.4, -0.2) is 38.1 Å². The molecule has 8 heteroatoms. The number of hydrogen-bond acceptors (Lipinski definition) is 6. The van der Waals surface area contributed by atoms with E-state index in [4.69, 9.17) is 25.8 Å². The van der Waals surface area contributed by atoms with Crippen molar-refractivity contribution in [2.75, 3.05) is 26.2 Å². The number of ether oxygens (including phenoxy) is 3. The monoisotopic (exact) mass is 572 g/mol. The number of halogens is 1. The first-order valence-corrected chi connectivity index (χ1v) is 13.8. The number of aliphatic hydroxyl groups excluding tert-OH is 1. The highest BCUT2D eigenvalue weighted by atomic mass is 35.5. The minimum Gasteiger partial charge on any atom is -0.507 e. The van der Waals surface area contributed by atoms with Crippen LogP contribution in [0.2, 0.25) is 5.02 Å². The molecule has 1 heterocycles. The van der Waals surface area contributed by atoms with Crippen LogP contribution in [0.4, 0.5) is 5.69 Å². The highest BCUT2D eigenvalue weighted by Gasteiger charge is 2.44. The van der Waals surface area contributed by atoms with Gasteiger partial charge in [-0.15, -0.1) is 0 Å². The Hall–Kier alpha value is -4.23. The molecule has 0 radical (unpaired) electrons. The van der Waals surface area contributed by atoms with Gasteiger partial charge in [-0.1, -0.05) is 47.5 Å². The summed E-state index contributed by atoms with van der Waals surface area (Å²) in [4.78, 5) is 15.6. The summed E-state index contributed by atoms with van der Waals surface area (Å²) in [7, 11) is 4.59. The van der Waals surface area contributed by atoms with Crippen molar-refractivity contribution in [1.82, 2.24) is 0 Å². The van der Waals surface area contributed by atoms with E-state index in [1.165, 1.54) is 21.3 Å². The van der Waals surface area contributed by atoms with E-state index in [0.717, 1.165) is 16.8 Å². The average Bonchev–Trinajstić information content (AvgIpc) is 2.97. The van der Waals surface area contributed by atoms with Crippen molar-refractivity contribution >= 4 is 34.7 Å². The molecule has 1 unspecified atom stereocenters. The van der Waals surface area contributed by atoms with Gasteiger partial charge in [0, 0.05) is 39.8 Å². The summed E-state index contributed by atoms with van der Waals surface area (Å²) >= 11 is 6.53. The van der Waals surface area contributed by atoms with Crippen LogP contribution in [0.1, 0.15) is 47.4 Å². The first-order chi connectivity index (χ1) is 19.7. The van der Waals surface area contributed by atoms with Crippen LogP contribution in [0.25, 0.3) is 5.76 Å². The van der Waals surface area contributed by atoms with Gasteiger partial charge in [0.1, 0.15) is 11.6 Å². The quantitative estimate of drug-likeness (QED) is 0.296. The molecule has 212 valence electrons. The summed E-state index contributed by atoms with van der Waals surface area (Å²) in [5.41, 5.74) is 5.27. The normalized spacial score (nSPS) is 18.3. The number of hydrogen-bond donors (Lipinski definition) is 2. The Balaban J connectivity index is 1.89. The van der Waals surface area contributed by atoms with Crippen LogP contribution >= 0.6 is 11.6 Å². The second-order valence-corrected chi connectivity index (χ2v) is 10.6. The molecule has 0 aromatic heterocycles. The van der Waals surface area contributed by atoms with Crippen molar-refractivity contribution < 1.29 is 24.1 Å². The predicted molar refractivity (Wildman–Crippen MR) is 162 cm³/mol. The predicted octanol–water partition coefficient (Wildman–Crippen LogP) is 7.54. The first kappa shape index (κ1) is 28.3. The highest BCUT2D eigenvalue weighted by Crippen LogP contribution is 2.51. The standard InChI is InChI=1S/C33H33ClN2O5/c1-18-12-14-20(15-13-18)31(38)30-28(21-16-26(39-3)32(41-5)27(17-21)40-4)29-24(10-7-11-25(29)37)36(33(30)35)23-9-6-8-22(34)19(23)2/h6,8-9,12-17,28,35,38H,7,10-11H2,1-5H3/b31-30+,35-33?. The van der Waals surface area contributed by atoms with Crippen molar-refractivity contribution in [3.8, 4) is 17.2 Å². The third-order valence-electron chi connectivity index (χ3n) is 7.84. The third-order valence-corrected chi connectivity index (χ3v) is 8.24. The fraction of sp³-hybridized carbons (Fsp3) is 0.273. The number of carbonyl (C=O) groups excluding carboxylic acids is 1. The van der Waals surface area contributed by atoms with Gasteiger partial charge in [0.2, 0.25) is 5.75 Å². The number of carbonyl (C=O) groups is 1. The lowest BCUT2D eigenvalue weighted by atomic mass is 9.73. The fourth-order valence-electron chi connectivity index (χ4n) is 5.76. The minimum atomic E-state index is -0.754. The van der Waals surface area contributed by atoms with Gasteiger partial charge >= 0.3 is 0 Å². The highest BCUT2D eigenvalue weighted by molar-refractivity contribution is 6.32. The molecule has 0 saturated carbocycles. The molecular weight excluding hydrogens is 540 g/mol. The second-order valence-electron chi connectivity index (χ2n) is 10.2. The number of benzene rings is 3. The van der Waals surface area contributed by atoms with E-state index >= 15 is 0 Å². The molecule has 0 amide bonds. The molecule has 3 aromatic carbocycles. The summed E-state index contributed by atoms with van der Waals surface area (Å²) in [6.07, 6.45) is 1.62. The summed E-state index contributed by atoms with van der Waals surface area (Å²) in [6, 6.07) is 16.5. The number of aryl methyl sites for hydroxylation is 1. The van der Waals surface area contributed by atoms with Crippen molar-refractivity contribution in [3.63, 3.8) is 0 Å². The van der Waals surface area contributed by atoms with E-state index in [2.05, 4.69) is 0 Å². The van der Waals surface area contributed by atoms with Crippen LogP contribution in [0.5, 0.6) is 17.2 Å². The topological polar surface area (TPSA) is 92.1 Å². The second kappa shape index (κ2) is 11.3. The Labute approximate surface area is 245 Å². The molecule has 7 nitrogen and oxygen atoms in total. The zero-order chi connectivity index (χ0) is 29.4. The maximum Gasteiger partial charge on any atom is 0.203 e. The molecule has 3 aromatic rings. The van der Waals surface area contributed by atoms with Gasteiger partial charge in [0.05, 0.1) is 27.0 Å². The van der Waals surface area contributed by atoms with Crippen molar-refractivity contribution in [1.29, 1.82) is 5.41 Å². The van der Waals surface area contributed by atoms with Crippen LogP contribution in [0.15, 0.2) is 71.4 Å². The number of allylic oxidation sites excluding steroid dienone is 2. The van der Waals surface area contributed by atoms with E-state index in [-0.39, 0.29) is 17.4 Å². The van der Waals surface area contributed by atoms with Gasteiger partial charge in [0.25, 0.3) is 0 Å². The fourth-order valence-corrected chi connectivity index (χ4v) is 5.93. The molecule has 1 aliphatic carbocycles. The summed E-state index contributed by atoms with van der Waals surface area (Å²) in [6.45, 7) is 3.86. The molecule has 5 rings (SSSR count). The molecule has 0 spiro atoms. The number of nitrogens with one attached hydrogen (secondary N) is 1. The van der Waals surface area contributed by atoms with E-state index in [1.807, 2.05) is 50.2 Å². The lowest BCUT2D eigenvalue weighted by Crippen LogP contribution is -2.42. The van der Waals surface area contributed by atoms with Gasteiger partial charge < -0.3 is 19.3 Å². The molecule has 0 saturated heterocycles. The van der Waals surface area contributed by atoms with Crippen molar-refractivity contribution in [2.24, 2.45) is 0 Å². The Morgan fingerprint density at radius 2 is 1.63 bits per heavy atom. The SMILES string of the molecule is COc1cc(C2C3=C(CCCC3=O)N(c3cccc(Cl)c3C)C(=N)/C2=C(/O)c2ccc(C)cc2)cc(OC)c1OC. The molecule has 1 aliphatic heterocycles. The van der Waals surface area contributed by atoms with Crippen LogP contribution in [0, 0.1) is 19.3 Å². The van der Waals surface area contributed by atoms with Gasteiger partial charge in [0.15, 0.2) is 17.3 Å². The zero-order valence-electron chi connectivity index (χ0n) is 23.8. The van der Waals surface area contributed by atoms with E-state index in [0.29, 0.717) is 69.5 Å². The third kappa shape index (κ3) is 4.84.